The molecule has 2 aromatic carbocycles. The molecule has 9 heteroatoms. The van der Waals surface area contributed by atoms with Gasteiger partial charge in [-0.05, 0) is 61.3 Å². The Morgan fingerprint density at radius 3 is 2.35 bits per heavy atom. The highest BCUT2D eigenvalue weighted by atomic mass is 35.5. The van der Waals surface area contributed by atoms with E-state index in [-0.39, 0.29) is 0 Å². The zero-order valence-electron chi connectivity index (χ0n) is 18.7. The summed E-state index contributed by atoms with van der Waals surface area (Å²) in [5.41, 5.74) is 1.71. The molecule has 2 aromatic heterocycles. The SMILES string of the molecule is Cn1nncc1C(O)(c1ccc(Cl)cc1)c1ccc2nc(Cl)c(CN3CCCCC3)c(Cl)c2c1. The number of aryl methyl sites for hydroxylation is 1. The lowest BCUT2D eigenvalue weighted by atomic mass is 9.83. The third kappa shape index (κ3) is 4.18. The Morgan fingerprint density at radius 1 is 0.971 bits per heavy atom. The van der Waals surface area contributed by atoms with Gasteiger partial charge in [-0.25, -0.2) is 9.67 Å². The van der Waals surface area contributed by atoms with Crippen molar-refractivity contribution in [1.29, 1.82) is 0 Å². The minimum Gasteiger partial charge on any atom is -0.374 e. The molecule has 1 fully saturated rings. The first-order valence-corrected chi connectivity index (χ1v) is 12.4. The van der Waals surface area contributed by atoms with E-state index in [1.165, 1.54) is 19.3 Å². The van der Waals surface area contributed by atoms with Crippen LogP contribution in [0, 0.1) is 0 Å². The lowest BCUT2D eigenvalue weighted by Crippen LogP contribution is -2.31. The molecule has 1 aliphatic heterocycles. The van der Waals surface area contributed by atoms with Crippen molar-refractivity contribution in [3.63, 3.8) is 0 Å². The second kappa shape index (κ2) is 9.44. The molecular weight excluding hydrogens is 493 g/mol. The zero-order chi connectivity index (χ0) is 23.9. The van der Waals surface area contributed by atoms with Crippen LogP contribution in [-0.2, 0) is 19.2 Å². The van der Waals surface area contributed by atoms with Crippen molar-refractivity contribution in [3.05, 3.63) is 86.2 Å². The highest BCUT2D eigenvalue weighted by Crippen LogP contribution is 2.40. The van der Waals surface area contributed by atoms with E-state index < -0.39 is 5.60 Å². The Labute approximate surface area is 213 Å². The number of hydrogen-bond donors (Lipinski definition) is 1. The predicted molar refractivity (Wildman–Crippen MR) is 135 cm³/mol. The van der Waals surface area contributed by atoms with Gasteiger partial charge >= 0.3 is 0 Å². The Hall–Kier alpha value is -2.22. The lowest BCUT2D eigenvalue weighted by Gasteiger charge is -2.30. The van der Waals surface area contributed by atoms with Gasteiger partial charge in [0.05, 0.1) is 22.4 Å². The van der Waals surface area contributed by atoms with E-state index in [2.05, 4.69) is 20.2 Å². The maximum atomic E-state index is 12.2. The van der Waals surface area contributed by atoms with Crippen LogP contribution in [0.3, 0.4) is 0 Å². The Balaban J connectivity index is 1.66. The lowest BCUT2D eigenvalue weighted by molar-refractivity contribution is 0.116. The number of halogens is 3. The second-order valence-electron chi connectivity index (χ2n) is 8.72. The standard InChI is InChI=1S/C25H24Cl3N5O/c1-32-22(14-29-31-32)25(34,16-5-8-18(26)9-6-16)17-7-10-21-19(13-17)23(27)20(24(28)30-21)15-33-11-3-2-4-12-33/h5-10,13-14,34H,2-4,11-12,15H2,1H3. The number of hydrogen-bond acceptors (Lipinski definition) is 5. The molecule has 0 aliphatic carbocycles. The largest absolute Gasteiger partial charge is 0.374 e. The van der Waals surface area contributed by atoms with E-state index in [4.69, 9.17) is 34.8 Å². The van der Waals surface area contributed by atoms with Crippen molar-refractivity contribution in [2.24, 2.45) is 7.05 Å². The molecule has 1 aliphatic rings. The van der Waals surface area contributed by atoms with Crippen molar-refractivity contribution in [3.8, 4) is 0 Å². The van der Waals surface area contributed by atoms with Gasteiger partial charge in [0.15, 0.2) is 5.60 Å². The number of rotatable bonds is 5. The summed E-state index contributed by atoms with van der Waals surface area (Å²) in [5, 5.41) is 22.5. The summed E-state index contributed by atoms with van der Waals surface area (Å²) < 4.78 is 1.56. The van der Waals surface area contributed by atoms with Gasteiger partial charge in [0.2, 0.25) is 0 Å². The number of benzene rings is 2. The molecule has 34 heavy (non-hydrogen) atoms. The van der Waals surface area contributed by atoms with Gasteiger partial charge in [0, 0.05) is 29.6 Å². The van der Waals surface area contributed by atoms with E-state index in [9.17, 15) is 5.11 Å². The van der Waals surface area contributed by atoms with E-state index in [1.807, 2.05) is 18.2 Å². The van der Waals surface area contributed by atoms with Gasteiger partial charge < -0.3 is 5.11 Å². The molecule has 176 valence electrons. The summed E-state index contributed by atoms with van der Waals surface area (Å²) in [4.78, 5) is 6.98. The van der Waals surface area contributed by atoms with Gasteiger partial charge in [0.25, 0.3) is 0 Å². The fourth-order valence-corrected chi connectivity index (χ4v) is 5.43. The maximum Gasteiger partial charge on any atom is 0.158 e. The third-order valence-corrected chi connectivity index (χ3v) is 7.56. The highest BCUT2D eigenvalue weighted by Gasteiger charge is 2.37. The molecule has 4 aromatic rings. The topological polar surface area (TPSA) is 67.1 Å². The molecule has 1 atom stereocenters. The summed E-state index contributed by atoms with van der Waals surface area (Å²) in [6.45, 7) is 2.70. The minimum atomic E-state index is -1.53. The Morgan fingerprint density at radius 2 is 1.68 bits per heavy atom. The molecule has 0 saturated carbocycles. The predicted octanol–water partition coefficient (Wildman–Crippen LogP) is 5.59. The molecule has 0 radical (unpaired) electrons. The minimum absolute atomic E-state index is 0.416. The maximum absolute atomic E-state index is 12.2. The van der Waals surface area contributed by atoms with E-state index in [0.29, 0.717) is 44.1 Å². The number of aliphatic hydroxyl groups is 1. The molecule has 3 heterocycles. The van der Waals surface area contributed by atoms with Crippen LogP contribution in [0.5, 0.6) is 0 Å². The fraction of sp³-hybridized carbons (Fsp3) is 0.320. The Kier molecular flexibility index (Phi) is 6.53. The molecule has 1 N–H and O–H groups in total. The van der Waals surface area contributed by atoms with E-state index >= 15 is 0 Å². The van der Waals surface area contributed by atoms with Gasteiger partial charge in [0.1, 0.15) is 5.15 Å². The molecule has 5 rings (SSSR count). The number of fused-ring (bicyclic) bond motifs is 1. The second-order valence-corrected chi connectivity index (χ2v) is 9.90. The van der Waals surface area contributed by atoms with Crippen LogP contribution in [0.4, 0.5) is 0 Å². The van der Waals surface area contributed by atoms with Crippen LogP contribution in [0.15, 0.2) is 48.7 Å². The summed E-state index contributed by atoms with van der Waals surface area (Å²) in [5.74, 6) is 0. The van der Waals surface area contributed by atoms with Crippen molar-refractivity contribution >= 4 is 45.7 Å². The first-order valence-electron chi connectivity index (χ1n) is 11.2. The van der Waals surface area contributed by atoms with Gasteiger partial charge in [-0.1, -0.05) is 64.6 Å². The average Bonchev–Trinajstić information content (AvgIpc) is 3.28. The summed E-state index contributed by atoms with van der Waals surface area (Å²) in [6, 6.07) is 12.6. The molecule has 0 bridgehead atoms. The molecular formula is C25H24Cl3N5O. The number of likely N-dealkylation sites (tertiary alicyclic amines) is 1. The zero-order valence-corrected chi connectivity index (χ0v) is 20.9. The van der Waals surface area contributed by atoms with Crippen molar-refractivity contribution in [2.45, 2.75) is 31.4 Å². The van der Waals surface area contributed by atoms with Crippen molar-refractivity contribution < 1.29 is 5.11 Å². The monoisotopic (exact) mass is 515 g/mol. The average molecular weight is 517 g/mol. The summed E-state index contributed by atoms with van der Waals surface area (Å²) in [7, 11) is 1.75. The first-order chi connectivity index (χ1) is 16.4. The van der Waals surface area contributed by atoms with Crippen molar-refractivity contribution in [2.75, 3.05) is 13.1 Å². The molecule has 6 nitrogen and oxygen atoms in total. The highest BCUT2D eigenvalue weighted by molar-refractivity contribution is 6.39. The van der Waals surface area contributed by atoms with Crippen LogP contribution in [0.25, 0.3) is 10.9 Å². The summed E-state index contributed by atoms with van der Waals surface area (Å²) >= 11 is 19.6. The van der Waals surface area contributed by atoms with Gasteiger partial charge in [-0.2, -0.15) is 0 Å². The number of aromatic nitrogens is 4. The molecule has 0 amide bonds. The number of nitrogens with zero attached hydrogens (tertiary/aromatic N) is 5. The summed E-state index contributed by atoms with van der Waals surface area (Å²) in [6.07, 6.45) is 5.16. The van der Waals surface area contributed by atoms with Crippen LogP contribution in [-0.4, -0.2) is 43.1 Å². The van der Waals surface area contributed by atoms with Crippen LogP contribution < -0.4 is 0 Å². The van der Waals surface area contributed by atoms with Crippen LogP contribution in [0.1, 0.15) is 41.6 Å². The van der Waals surface area contributed by atoms with Gasteiger partial charge in [-0.15, -0.1) is 5.10 Å². The first kappa shape index (κ1) is 23.5. The molecule has 1 saturated heterocycles. The van der Waals surface area contributed by atoms with Crippen molar-refractivity contribution in [1.82, 2.24) is 24.9 Å². The smallest absolute Gasteiger partial charge is 0.158 e. The fourth-order valence-electron chi connectivity index (χ4n) is 4.71. The third-order valence-electron chi connectivity index (χ3n) is 6.56. The van der Waals surface area contributed by atoms with Gasteiger partial charge in [-0.3, -0.25) is 4.90 Å². The van der Waals surface area contributed by atoms with E-state index in [0.717, 1.165) is 24.0 Å². The molecule has 0 spiro atoms. The number of piperidine rings is 1. The number of pyridine rings is 1. The Bertz CT molecular complexity index is 1330. The molecule has 1 unspecified atom stereocenters. The van der Waals surface area contributed by atoms with Crippen LogP contribution in [0.2, 0.25) is 15.2 Å². The normalized spacial score (nSPS) is 16.6. The van der Waals surface area contributed by atoms with E-state index in [1.54, 1.807) is 42.2 Å². The quantitative estimate of drug-likeness (QED) is 0.350. The van der Waals surface area contributed by atoms with Crippen LogP contribution >= 0.6 is 34.8 Å².